The van der Waals surface area contributed by atoms with Gasteiger partial charge in [0.05, 0.1) is 12.8 Å². The Morgan fingerprint density at radius 1 is 0.719 bits per heavy atom. The average molecular weight is 845 g/mol. The first-order valence-electron chi connectivity index (χ1n) is 19.4. The SMILES string of the molecule is CC(C)c1cc(F)cc(C(C)C)c1CC(=O)NS(=O)(=O)N(C)C1CCN(C)C1.CC(C)c1cc(F)cc(C(C)C)c1CC(=O)O.CN1CCC(N(C)S(N)(=O)=O)C1. The predicted octanol–water partition coefficient (Wildman–Crippen LogP) is 5.14. The van der Waals surface area contributed by atoms with Crippen molar-refractivity contribution in [2.75, 3.05) is 54.4 Å². The second kappa shape index (κ2) is 21.3. The first kappa shape index (κ1) is 50.1. The first-order valence-corrected chi connectivity index (χ1v) is 22.4. The number of benzene rings is 2. The lowest BCUT2D eigenvalue weighted by Gasteiger charge is -2.24. The maximum atomic E-state index is 14.0. The number of likely N-dealkylation sites (tertiary alicyclic amines) is 2. The lowest BCUT2D eigenvalue weighted by atomic mass is 9.87. The third-order valence-corrected chi connectivity index (χ3v) is 13.1. The number of nitrogens with two attached hydrogens (primary N) is 1. The maximum Gasteiger partial charge on any atom is 0.307 e. The monoisotopic (exact) mass is 844 g/mol. The molecule has 2 atom stereocenters. The quantitative estimate of drug-likeness (QED) is 0.247. The fourth-order valence-corrected chi connectivity index (χ4v) is 8.87. The minimum atomic E-state index is -3.93. The molecule has 0 spiro atoms. The van der Waals surface area contributed by atoms with Crippen LogP contribution < -0.4 is 9.86 Å². The normalized spacial score (nSPS) is 18.1. The van der Waals surface area contributed by atoms with Crippen molar-refractivity contribution in [1.82, 2.24) is 23.1 Å². The van der Waals surface area contributed by atoms with Crippen molar-refractivity contribution in [1.29, 1.82) is 0 Å². The summed E-state index contributed by atoms with van der Waals surface area (Å²) in [6.45, 7) is 18.7. The van der Waals surface area contributed by atoms with E-state index in [1.165, 1.54) is 47.0 Å². The summed E-state index contributed by atoms with van der Waals surface area (Å²) in [5, 5.41) is 13.9. The summed E-state index contributed by atoms with van der Waals surface area (Å²) in [5.41, 5.74) is 4.56. The van der Waals surface area contributed by atoms with Gasteiger partial charge in [-0.15, -0.1) is 0 Å². The van der Waals surface area contributed by atoms with E-state index in [2.05, 4.69) is 14.5 Å². The highest BCUT2D eigenvalue weighted by molar-refractivity contribution is 7.87. The molecule has 57 heavy (non-hydrogen) atoms. The molecule has 2 saturated heterocycles. The molecule has 13 nitrogen and oxygen atoms in total. The Kier molecular flexibility index (Phi) is 18.7. The molecule has 2 aliphatic heterocycles. The van der Waals surface area contributed by atoms with Crippen molar-refractivity contribution in [2.24, 2.45) is 5.14 Å². The molecule has 0 radical (unpaired) electrons. The summed E-state index contributed by atoms with van der Waals surface area (Å²) in [7, 11) is -0.499. The van der Waals surface area contributed by atoms with Crippen LogP contribution in [0.15, 0.2) is 24.3 Å². The molecule has 17 heteroatoms. The maximum absolute atomic E-state index is 14.0. The van der Waals surface area contributed by atoms with Crippen LogP contribution in [0.5, 0.6) is 0 Å². The summed E-state index contributed by atoms with van der Waals surface area (Å²) in [4.78, 5) is 27.7. The molecule has 2 unspecified atom stereocenters. The van der Waals surface area contributed by atoms with Gasteiger partial charge in [0.2, 0.25) is 5.91 Å². The van der Waals surface area contributed by atoms with Gasteiger partial charge in [-0.2, -0.15) is 25.4 Å². The molecule has 324 valence electrons. The minimum absolute atomic E-state index is 0.0179. The third kappa shape index (κ3) is 14.9. The van der Waals surface area contributed by atoms with Gasteiger partial charge in [-0.05, 0) is 121 Å². The summed E-state index contributed by atoms with van der Waals surface area (Å²) < 4.78 is 79.3. The smallest absolute Gasteiger partial charge is 0.307 e. The Bertz CT molecular complexity index is 1850. The van der Waals surface area contributed by atoms with Crippen LogP contribution in [0.2, 0.25) is 0 Å². The van der Waals surface area contributed by atoms with Crippen molar-refractivity contribution < 1.29 is 40.3 Å². The van der Waals surface area contributed by atoms with Crippen molar-refractivity contribution in [3.05, 3.63) is 69.3 Å². The first-order chi connectivity index (χ1) is 26.2. The number of nitrogens with one attached hydrogen (secondary N) is 1. The van der Waals surface area contributed by atoms with E-state index in [9.17, 15) is 35.2 Å². The van der Waals surface area contributed by atoms with Crippen molar-refractivity contribution in [2.45, 2.75) is 117 Å². The number of hydrogen-bond donors (Lipinski definition) is 3. The van der Waals surface area contributed by atoms with Crippen LogP contribution in [0.25, 0.3) is 0 Å². The molecule has 2 aliphatic rings. The Morgan fingerprint density at radius 2 is 1.05 bits per heavy atom. The topological polar surface area (TPSA) is 174 Å². The minimum Gasteiger partial charge on any atom is -0.481 e. The summed E-state index contributed by atoms with van der Waals surface area (Å²) >= 11 is 0. The van der Waals surface area contributed by atoms with Crippen LogP contribution in [0.1, 0.15) is 125 Å². The predicted molar refractivity (Wildman–Crippen MR) is 222 cm³/mol. The van der Waals surface area contributed by atoms with E-state index in [1.807, 2.05) is 69.5 Å². The number of halogens is 2. The van der Waals surface area contributed by atoms with Crippen LogP contribution in [0, 0.1) is 11.6 Å². The molecular weight excluding hydrogens is 779 g/mol. The summed E-state index contributed by atoms with van der Waals surface area (Å²) in [5.74, 6) is -1.82. The number of carbonyl (C=O) groups excluding carboxylic acids is 1. The number of likely N-dealkylation sites (N-methyl/N-ethyl adjacent to an activating group) is 4. The van der Waals surface area contributed by atoms with E-state index < -0.39 is 32.3 Å². The van der Waals surface area contributed by atoms with Gasteiger partial charge < -0.3 is 14.9 Å². The highest BCUT2D eigenvalue weighted by atomic mass is 32.2. The van der Waals surface area contributed by atoms with Crippen LogP contribution in [-0.4, -0.2) is 119 Å². The van der Waals surface area contributed by atoms with Crippen molar-refractivity contribution in [3.8, 4) is 0 Å². The molecule has 0 aliphatic carbocycles. The van der Waals surface area contributed by atoms with E-state index >= 15 is 0 Å². The molecule has 4 N–H and O–H groups in total. The molecule has 1 amide bonds. The number of carbonyl (C=O) groups is 2. The van der Waals surface area contributed by atoms with E-state index in [0.29, 0.717) is 12.1 Å². The van der Waals surface area contributed by atoms with E-state index in [1.54, 1.807) is 0 Å². The van der Waals surface area contributed by atoms with Crippen molar-refractivity contribution >= 4 is 32.3 Å². The van der Waals surface area contributed by atoms with Gasteiger partial charge in [-0.25, -0.2) is 18.6 Å². The zero-order valence-corrected chi connectivity index (χ0v) is 37.4. The van der Waals surface area contributed by atoms with Gasteiger partial charge in [-0.1, -0.05) is 55.4 Å². The number of hydrogen-bond acceptors (Lipinski definition) is 8. The fraction of sp³-hybridized carbons (Fsp3) is 0.650. The zero-order valence-electron chi connectivity index (χ0n) is 35.8. The Labute approximate surface area is 340 Å². The zero-order chi connectivity index (χ0) is 43.7. The molecule has 2 aromatic rings. The lowest BCUT2D eigenvalue weighted by Crippen LogP contribution is -2.47. The second-order valence-electron chi connectivity index (χ2n) is 16.5. The summed E-state index contributed by atoms with van der Waals surface area (Å²) in [6.07, 6.45) is 1.46. The Morgan fingerprint density at radius 3 is 1.33 bits per heavy atom. The second-order valence-corrected chi connectivity index (χ2v) is 19.8. The van der Waals surface area contributed by atoms with Crippen LogP contribution in [-0.2, 0) is 42.8 Å². The largest absolute Gasteiger partial charge is 0.481 e. The third-order valence-electron chi connectivity index (χ3n) is 10.5. The molecular formula is C40H66F2N6O7S2. The van der Waals surface area contributed by atoms with Gasteiger partial charge in [0, 0.05) is 39.3 Å². The van der Waals surface area contributed by atoms with Gasteiger partial charge in [-0.3, -0.25) is 9.59 Å². The van der Waals surface area contributed by atoms with E-state index in [-0.39, 0.29) is 60.2 Å². The fourth-order valence-electron chi connectivity index (χ4n) is 7.21. The van der Waals surface area contributed by atoms with Crippen LogP contribution >= 0.6 is 0 Å². The molecule has 2 aromatic carbocycles. The Balaban J connectivity index is 0.000000327. The van der Waals surface area contributed by atoms with Gasteiger partial charge in [0.25, 0.3) is 10.2 Å². The number of rotatable bonds is 13. The number of carboxylic acids is 1. The molecule has 0 saturated carbocycles. The van der Waals surface area contributed by atoms with Gasteiger partial charge in [0.15, 0.2) is 0 Å². The average Bonchev–Trinajstić information content (AvgIpc) is 3.72. The highest BCUT2D eigenvalue weighted by Crippen LogP contribution is 2.31. The number of amides is 1. The highest BCUT2D eigenvalue weighted by Gasteiger charge is 2.32. The van der Waals surface area contributed by atoms with Crippen LogP contribution in [0.4, 0.5) is 8.78 Å². The lowest BCUT2D eigenvalue weighted by molar-refractivity contribution is -0.136. The molecule has 2 heterocycles. The molecule has 0 aromatic heterocycles. The number of carboxylic acid groups (broad SMARTS) is 1. The number of nitrogens with zero attached hydrogens (tertiary/aromatic N) is 4. The Hall–Kier alpha value is -3.06. The van der Waals surface area contributed by atoms with E-state index in [0.717, 1.165) is 60.3 Å². The molecule has 4 rings (SSSR count). The molecule has 0 bridgehead atoms. The number of aliphatic carboxylic acids is 1. The van der Waals surface area contributed by atoms with Gasteiger partial charge >= 0.3 is 16.2 Å². The molecule has 2 fully saturated rings. The van der Waals surface area contributed by atoms with Gasteiger partial charge in [0.1, 0.15) is 11.6 Å². The summed E-state index contributed by atoms with van der Waals surface area (Å²) in [6, 6.07) is 5.68. The standard InChI is InChI=1S/C20H32FN3O3S.C14H19FO2.C6H15N3O2S/c1-13(2)17-9-15(21)10-18(14(3)4)19(17)11-20(25)22-28(26,27)24(6)16-7-8-23(5)12-16;1-8(2)11-5-10(15)6-12(9(3)4)13(11)7-14(16)17;1-8-4-3-6(5-8)9(2)12(7,10)11/h9-10,13-14,16H,7-8,11-12H2,1-6H3,(H,22,25);5-6,8-9H,7H2,1-4H3,(H,16,17);6H,3-5H2,1-2H3,(H2,7,10,11). The van der Waals surface area contributed by atoms with Crippen LogP contribution in [0.3, 0.4) is 0 Å². The van der Waals surface area contributed by atoms with Crippen molar-refractivity contribution in [3.63, 3.8) is 0 Å². The van der Waals surface area contributed by atoms with E-state index in [4.69, 9.17) is 10.2 Å².